The van der Waals surface area contributed by atoms with E-state index in [2.05, 4.69) is 153 Å². The summed E-state index contributed by atoms with van der Waals surface area (Å²) in [6.07, 6.45) is 114. The summed E-state index contributed by atoms with van der Waals surface area (Å²) in [7, 11) is 0. The molecule has 83 heavy (non-hydrogen) atoms. The van der Waals surface area contributed by atoms with Crippen molar-refractivity contribution in [1.82, 2.24) is 5.32 Å². The van der Waals surface area contributed by atoms with E-state index in [1.807, 2.05) is 6.08 Å². The van der Waals surface area contributed by atoms with Gasteiger partial charge in [-0.3, -0.25) is 4.79 Å². The van der Waals surface area contributed by atoms with Crippen LogP contribution in [-0.4, -0.2) is 34.9 Å². The van der Waals surface area contributed by atoms with E-state index in [-0.39, 0.29) is 12.5 Å². The van der Waals surface area contributed by atoms with E-state index in [9.17, 15) is 15.0 Å². The molecule has 2 atom stereocenters. The number of carbonyl (C=O) groups excluding carboxylic acids is 1. The highest BCUT2D eigenvalue weighted by molar-refractivity contribution is 5.76. The second-order valence-corrected chi connectivity index (χ2v) is 23.6. The molecule has 0 rings (SSSR count). The quantitative estimate of drug-likeness (QED) is 0.0420. The van der Waals surface area contributed by atoms with Crippen LogP contribution in [0.5, 0.6) is 0 Å². The predicted octanol–water partition coefficient (Wildman–Crippen LogP) is 24.7. The second kappa shape index (κ2) is 72.5. The number of hydrogen-bond donors (Lipinski definition) is 3. The van der Waals surface area contributed by atoms with Crippen molar-refractivity contribution in [2.24, 2.45) is 0 Å². The number of hydrogen-bond acceptors (Lipinski definition) is 3. The number of aliphatic hydroxyl groups is 2. The van der Waals surface area contributed by atoms with E-state index in [1.165, 1.54) is 199 Å². The van der Waals surface area contributed by atoms with Gasteiger partial charge in [-0.2, -0.15) is 0 Å². The van der Waals surface area contributed by atoms with Crippen LogP contribution in [0.1, 0.15) is 328 Å². The highest BCUT2D eigenvalue weighted by atomic mass is 16.3. The Labute approximate surface area is 516 Å². The lowest BCUT2D eigenvalue weighted by Gasteiger charge is -2.20. The van der Waals surface area contributed by atoms with Gasteiger partial charge in [0, 0.05) is 6.42 Å². The molecule has 0 heterocycles. The monoisotopic (exact) mass is 1150 g/mol. The summed E-state index contributed by atoms with van der Waals surface area (Å²) in [5.41, 5.74) is 0. The highest BCUT2D eigenvalue weighted by Crippen LogP contribution is 2.18. The third-order valence-electron chi connectivity index (χ3n) is 15.6. The van der Waals surface area contributed by atoms with Crippen molar-refractivity contribution in [3.8, 4) is 0 Å². The van der Waals surface area contributed by atoms with Gasteiger partial charge in [0.2, 0.25) is 5.91 Å². The third-order valence-corrected chi connectivity index (χ3v) is 15.6. The molecule has 2 unspecified atom stereocenters. The lowest BCUT2D eigenvalue weighted by atomic mass is 10.0. The normalized spacial score (nSPS) is 13.6. The van der Waals surface area contributed by atoms with Gasteiger partial charge in [0.05, 0.1) is 18.8 Å². The molecule has 0 fully saturated rings. The lowest BCUT2D eigenvalue weighted by Crippen LogP contribution is -2.45. The topological polar surface area (TPSA) is 69.6 Å². The van der Waals surface area contributed by atoms with Gasteiger partial charge in [-0.1, -0.05) is 365 Å². The summed E-state index contributed by atoms with van der Waals surface area (Å²) >= 11 is 0. The molecule has 0 spiro atoms. The third kappa shape index (κ3) is 68.9. The van der Waals surface area contributed by atoms with Crippen LogP contribution in [0.4, 0.5) is 0 Å². The first-order valence-electron chi connectivity index (χ1n) is 35.5. The maximum Gasteiger partial charge on any atom is 0.220 e. The van der Waals surface area contributed by atoms with Crippen LogP contribution < -0.4 is 5.32 Å². The standard InChI is InChI=1S/C79H135NO3/c1-3-5-7-9-11-13-15-17-19-21-23-25-27-29-31-33-35-37-38-39-40-41-42-43-45-47-49-51-53-55-57-59-61-63-65-67-69-71-73-75-79(83)80-77(76-81)78(82)74-72-70-68-66-64-62-60-58-56-54-52-50-48-46-44-36-34-32-30-28-26-24-22-20-18-16-14-12-10-8-6-4-2/h5,7,11,13,17,19,23,25,29,31,35,37,39-40,42-43,47,49,53,55,59,61,72,74,77-78,81-82H,3-4,6,8-10,12,14-16,18,20-22,24,26-28,30,32-34,36,38,41,44-46,48,50-52,54,56-58,60,62-71,73,75-76H2,1-2H3,(H,80,83)/b7-5-,13-11-,19-17-,25-23-,31-29-,37-35-,40-39-,43-42-,49-47-,55-53-,61-59-,74-72+. The molecule has 0 saturated carbocycles. The highest BCUT2D eigenvalue weighted by Gasteiger charge is 2.18. The molecular weight excluding hydrogens is 1010 g/mol. The Morgan fingerprint density at radius 2 is 0.530 bits per heavy atom. The molecule has 0 aromatic carbocycles. The number of nitrogens with one attached hydrogen (secondary N) is 1. The van der Waals surface area contributed by atoms with Gasteiger partial charge in [-0.15, -0.1) is 0 Å². The van der Waals surface area contributed by atoms with Crippen molar-refractivity contribution in [3.63, 3.8) is 0 Å². The summed E-state index contributed by atoms with van der Waals surface area (Å²) in [5, 5.41) is 23.3. The maximum atomic E-state index is 12.5. The van der Waals surface area contributed by atoms with Crippen molar-refractivity contribution >= 4 is 5.91 Å². The average Bonchev–Trinajstić information content (AvgIpc) is 3.51. The molecule has 474 valence electrons. The Hall–Kier alpha value is -3.73. The first-order chi connectivity index (χ1) is 41.2. The first kappa shape index (κ1) is 79.3. The molecule has 0 aliphatic heterocycles. The number of carbonyl (C=O) groups is 1. The van der Waals surface area contributed by atoms with Crippen molar-refractivity contribution in [1.29, 1.82) is 0 Å². The Balaban J connectivity index is 3.60. The van der Waals surface area contributed by atoms with E-state index in [4.69, 9.17) is 0 Å². The molecule has 0 bridgehead atoms. The summed E-state index contributed by atoms with van der Waals surface area (Å²) < 4.78 is 0. The van der Waals surface area contributed by atoms with E-state index in [0.717, 1.165) is 109 Å². The zero-order valence-corrected chi connectivity index (χ0v) is 54.7. The molecule has 4 heteroatoms. The van der Waals surface area contributed by atoms with Crippen molar-refractivity contribution in [2.45, 2.75) is 341 Å². The summed E-state index contributed by atoms with van der Waals surface area (Å²) in [5.74, 6) is -0.0850. The smallest absolute Gasteiger partial charge is 0.220 e. The fourth-order valence-corrected chi connectivity index (χ4v) is 10.2. The molecule has 0 saturated heterocycles. The van der Waals surface area contributed by atoms with Gasteiger partial charge < -0.3 is 15.5 Å². The Kier molecular flexibility index (Phi) is 69.3. The van der Waals surface area contributed by atoms with Crippen LogP contribution in [0, 0.1) is 0 Å². The van der Waals surface area contributed by atoms with Crippen molar-refractivity contribution in [2.75, 3.05) is 6.61 Å². The van der Waals surface area contributed by atoms with Gasteiger partial charge >= 0.3 is 0 Å². The zero-order chi connectivity index (χ0) is 59.8. The molecule has 3 N–H and O–H groups in total. The fourth-order valence-electron chi connectivity index (χ4n) is 10.2. The molecule has 0 radical (unpaired) electrons. The number of unbranched alkanes of at least 4 members (excludes halogenated alkanes) is 35. The van der Waals surface area contributed by atoms with Crippen molar-refractivity contribution < 1.29 is 15.0 Å². The van der Waals surface area contributed by atoms with E-state index >= 15 is 0 Å². The molecule has 0 aromatic heterocycles. The largest absolute Gasteiger partial charge is 0.394 e. The minimum atomic E-state index is -0.860. The Morgan fingerprint density at radius 1 is 0.301 bits per heavy atom. The van der Waals surface area contributed by atoms with Crippen LogP contribution in [0.15, 0.2) is 146 Å². The van der Waals surface area contributed by atoms with Gasteiger partial charge in [0.15, 0.2) is 0 Å². The van der Waals surface area contributed by atoms with Crippen LogP contribution in [0.25, 0.3) is 0 Å². The summed E-state index contributed by atoms with van der Waals surface area (Å²) in [4.78, 5) is 12.5. The summed E-state index contributed by atoms with van der Waals surface area (Å²) in [6, 6.07) is -0.646. The molecular formula is C79H135NO3. The van der Waals surface area contributed by atoms with E-state index < -0.39 is 12.1 Å². The number of rotatable bonds is 64. The number of aliphatic hydroxyl groups excluding tert-OH is 2. The average molecular weight is 1150 g/mol. The molecule has 0 aromatic rings. The maximum absolute atomic E-state index is 12.5. The lowest BCUT2D eigenvalue weighted by molar-refractivity contribution is -0.123. The Morgan fingerprint density at radius 3 is 0.795 bits per heavy atom. The SMILES string of the molecule is CC/C=C\C/C=C\C/C=C\C/C=C\C/C=C\C/C=C\C/C=C\C/C=C\C/C=C\C/C=C\C/C=C\CCCCCCCC(=O)NC(CO)C(O)/C=C/CCCCCCCCCCCCCCCCCCCCCCCCCCCCCCCC. The minimum absolute atomic E-state index is 0.0850. The van der Waals surface area contributed by atoms with E-state index in [0.29, 0.717) is 6.42 Å². The van der Waals surface area contributed by atoms with Crippen LogP contribution in [-0.2, 0) is 4.79 Å². The Bertz CT molecular complexity index is 1680. The van der Waals surface area contributed by atoms with Crippen molar-refractivity contribution in [3.05, 3.63) is 146 Å². The number of allylic oxidation sites excluding steroid dienone is 23. The molecule has 0 aliphatic rings. The molecule has 0 aliphatic carbocycles. The predicted molar refractivity (Wildman–Crippen MR) is 372 cm³/mol. The van der Waals surface area contributed by atoms with Crippen LogP contribution in [0.2, 0.25) is 0 Å². The van der Waals surface area contributed by atoms with Gasteiger partial charge in [-0.05, 0) is 103 Å². The van der Waals surface area contributed by atoms with Crippen LogP contribution in [0.3, 0.4) is 0 Å². The fraction of sp³-hybridized carbons (Fsp3) is 0.684. The van der Waals surface area contributed by atoms with Gasteiger partial charge in [0.1, 0.15) is 0 Å². The minimum Gasteiger partial charge on any atom is -0.394 e. The molecule has 1 amide bonds. The first-order valence-corrected chi connectivity index (χ1v) is 35.5. The second-order valence-electron chi connectivity index (χ2n) is 23.6. The van der Waals surface area contributed by atoms with Crippen LogP contribution >= 0.6 is 0 Å². The van der Waals surface area contributed by atoms with Gasteiger partial charge in [0.25, 0.3) is 0 Å². The summed E-state index contributed by atoms with van der Waals surface area (Å²) in [6.45, 7) is 4.21. The molecule has 4 nitrogen and oxygen atoms in total. The zero-order valence-electron chi connectivity index (χ0n) is 54.7. The number of amides is 1. The van der Waals surface area contributed by atoms with Gasteiger partial charge in [-0.25, -0.2) is 0 Å². The van der Waals surface area contributed by atoms with E-state index in [1.54, 1.807) is 6.08 Å².